The van der Waals surface area contributed by atoms with Gasteiger partial charge in [-0.1, -0.05) is 64.3 Å². The summed E-state index contributed by atoms with van der Waals surface area (Å²) in [6.07, 6.45) is 11.6. The first kappa shape index (κ1) is 35.0. The molecular weight excluding hydrogens is 574 g/mol. The smallest absolute Gasteiger partial charge is 0.254 e. The molecule has 0 saturated carbocycles. The summed E-state index contributed by atoms with van der Waals surface area (Å²) in [5.74, 6) is -0.421. The maximum Gasteiger partial charge on any atom is 0.254 e. The number of aromatic nitrogens is 1. The van der Waals surface area contributed by atoms with Gasteiger partial charge < -0.3 is 14.2 Å². The molecule has 0 aliphatic carbocycles. The third kappa shape index (κ3) is 8.66. The zero-order valence-electron chi connectivity index (χ0n) is 28.5. The van der Waals surface area contributed by atoms with Crippen molar-refractivity contribution in [2.24, 2.45) is 10.2 Å². The summed E-state index contributed by atoms with van der Waals surface area (Å²) in [6, 6.07) is 13.7. The van der Waals surface area contributed by atoms with Crippen molar-refractivity contribution in [2.45, 2.75) is 92.4 Å². The molecule has 246 valence electrons. The van der Waals surface area contributed by atoms with Crippen LogP contribution in [0.15, 0.2) is 58.9 Å². The lowest BCUT2D eigenvalue weighted by atomic mass is 10.00. The molecule has 0 unspecified atom stereocenters. The number of benzene rings is 1. The Hall–Kier alpha value is -3.91. The standard InChI is InChI=1S/C38H51N5O3/c1-6-10-15-31-25-33-26-32(38(46)42(9-4)27-34-36(44)28(5)39-40-34)20-24-43(33)35(31)37(45)30-18-16-29(17-19-30)14-13-23-41(21-11-7-2)22-12-8-3/h16-20,24-26H,6-15,21-23,27H2,1-5H3. The van der Waals surface area contributed by atoms with Crippen LogP contribution in [0.1, 0.15) is 117 Å². The van der Waals surface area contributed by atoms with E-state index in [1.807, 2.05) is 41.8 Å². The van der Waals surface area contributed by atoms with Crippen molar-refractivity contribution in [3.05, 3.63) is 76.6 Å². The van der Waals surface area contributed by atoms with Gasteiger partial charge in [0.1, 0.15) is 11.4 Å². The molecule has 8 heteroatoms. The lowest BCUT2D eigenvalue weighted by molar-refractivity contribution is -0.107. The fourth-order valence-corrected chi connectivity index (χ4v) is 5.97. The van der Waals surface area contributed by atoms with E-state index < -0.39 is 0 Å². The Morgan fingerprint density at radius 2 is 1.46 bits per heavy atom. The molecule has 0 N–H and O–H groups in total. The van der Waals surface area contributed by atoms with Crippen molar-refractivity contribution in [2.75, 3.05) is 32.7 Å². The maximum atomic E-state index is 14.0. The number of carbonyl (C=O) groups is 3. The molecule has 0 fully saturated rings. The molecule has 1 aromatic carbocycles. The monoisotopic (exact) mass is 625 g/mol. The summed E-state index contributed by atoms with van der Waals surface area (Å²) in [6.45, 7) is 14.1. The summed E-state index contributed by atoms with van der Waals surface area (Å²) in [4.78, 5) is 44.0. The van der Waals surface area contributed by atoms with E-state index in [0.717, 1.165) is 49.7 Å². The number of amides is 1. The highest BCUT2D eigenvalue weighted by atomic mass is 16.2. The Morgan fingerprint density at radius 1 is 0.783 bits per heavy atom. The van der Waals surface area contributed by atoms with Crippen LogP contribution >= 0.6 is 0 Å². The van der Waals surface area contributed by atoms with Crippen molar-refractivity contribution in [3.63, 3.8) is 0 Å². The number of ketones is 2. The highest BCUT2D eigenvalue weighted by molar-refractivity contribution is 6.68. The summed E-state index contributed by atoms with van der Waals surface area (Å²) in [7, 11) is 0. The summed E-state index contributed by atoms with van der Waals surface area (Å²) >= 11 is 0. The van der Waals surface area contributed by atoms with E-state index in [9.17, 15) is 14.4 Å². The number of aryl methyl sites for hydroxylation is 2. The molecule has 1 aliphatic heterocycles. The van der Waals surface area contributed by atoms with Crippen LogP contribution < -0.4 is 0 Å². The molecule has 0 spiro atoms. The molecule has 8 nitrogen and oxygen atoms in total. The number of carbonyl (C=O) groups excluding carboxylic acids is 3. The maximum absolute atomic E-state index is 14.0. The van der Waals surface area contributed by atoms with Crippen molar-refractivity contribution >= 4 is 34.4 Å². The van der Waals surface area contributed by atoms with Crippen LogP contribution in [-0.4, -0.2) is 75.8 Å². The van der Waals surface area contributed by atoms with E-state index in [4.69, 9.17) is 0 Å². The van der Waals surface area contributed by atoms with Crippen LogP contribution in [0.5, 0.6) is 0 Å². The third-order valence-electron chi connectivity index (χ3n) is 8.85. The minimum Gasteiger partial charge on any atom is -0.333 e. The van der Waals surface area contributed by atoms with E-state index in [0.29, 0.717) is 29.1 Å². The van der Waals surface area contributed by atoms with Gasteiger partial charge in [-0.25, -0.2) is 0 Å². The SMILES string of the molecule is CCCCc1cc2cc(C(=O)N(CC)CC3=NN=C(C)C3=O)ccn2c1C(=O)c1ccc(CCCN(CCCC)CCCC)cc1. The first-order valence-corrected chi connectivity index (χ1v) is 17.3. The number of nitrogens with zero attached hydrogens (tertiary/aromatic N) is 5. The van der Waals surface area contributed by atoms with Gasteiger partial charge in [-0.2, -0.15) is 5.10 Å². The molecule has 0 saturated heterocycles. The van der Waals surface area contributed by atoms with E-state index >= 15 is 0 Å². The lowest BCUT2D eigenvalue weighted by Gasteiger charge is -2.21. The largest absolute Gasteiger partial charge is 0.333 e. The summed E-state index contributed by atoms with van der Waals surface area (Å²) in [5.41, 5.74) is 5.50. The van der Waals surface area contributed by atoms with Crippen molar-refractivity contribution in [1.82, 2.24) is 14.2 Å². The van der Waals surface area contributed by atoms with Gasteiger partial charge in [0, 0.05) is 29.4 Å². The number of pyridine rings is 1. The summed E-state index contributed by atoms with van der Waals surface area (Å²) < 4.78 is 1.91. The Kier molecular flexibility index (Phi) is 13.0. The second kappa shape index (κ2) is 17.1. The molecule has 1 aliphatic rings. The second-order valence-corrected chi connectivity index (χ2v) is 12.4. The Morgan fingerprint density at radius 3 is 2.07 bits per heavy atom. The highest BCUT2D eigenvalue weighted by Crippen LogP contribution is 2.24. The molecule has 46 heavy (non-hydrogen) atoms. The third-order valence-corrected chi connectivity index (χ3v) is 8.85. The molecule has 3 aromatic rings. The topological polar surface area (TPSA) is 86.8 Å². The molecule has 4 rings (SSSR count). The van der Waals surface area contributed by atoms with Gasteiger partial charge in [-0.3, -0.25) is 14.4 Å². The minimum absolute atomic E-state index is 0.00894. The minimum atomic E-state index is -0.221. The number of Topliss-reactive ketones (excluding diaryl/α,β-unsaturated/α-hetero) is 1. The molecule has 0 radical (unpaired) electrons. The van der Waals surface area contributed by atoms with Gasteiger partial charge in [-0.15, -0.1) is 5.10 Å². The molecule has 2 aromatic heterocycles. The van der Waals surface area contributed by atoms with Gasteiger partial charge in [0.15, 0.2) is 0 Å². The number of fused-ring (bicyclic) bond motifs is 1. The fourth-order valence-electron chi connectivity index (χ4n) is 5.97. The Bertz CT molecular complexity index is 1560. The van der Waals surface area contributed by atoms with Crippen molar-refractivity contribution < 1.29 is 14.4 Å². The van der Waals surface area contributed by atoms with E-state index in [-0.39, 0.29) is 29.7 Å². The first-order chi connectivity index (χ1) is 22.3. The van der Waals surface area contributed by atoms with Crippen LogP contribution in [0.4, 0.5) is 0 Å². The highest BCUT2D eigenvalue weighted by Gasteiger charge is 2.26. The zero-order chi connectivity index (χ0) is 33.1. The predicted molar refractivity (Wildman–Crippen MR) is 188 cm³/mol. The predicted octanol–water partition coefficient (Wildman–Crippen LogP) is 7.21. The van der Waals surface area contributed by atoms with Gasteiger partial charge in [0.05, 0.1) is 12.2 Å². The Labute approximate surface area is 274 Å². The van der Waals surface area contributed by atoms with Crippen LogP contribution in [0.2, 0.25) is 0 Å². The second-order valence-electron chi connectivity index (χ2n) is 12.4. The number of hydrogen-bond acceptors (Lipinski definition) is 6. The number of unbranched alkanes of at least 4 members (excludes halogenated alkanes) is 3. The van der Waals surface area contributed by atoms with Crippen LogP contribution in [0, 0.1) is 0 Å². The van der Waals surface area contributed by atoms with E-state index in [1.165, 1.54) is 44.3 Å². The molecule has 0 atom stereocenters. The van der Waals surface area contributed by atoms with Crippen molar-refractivity contribution in [1.29, 1.82) is 0 Å². The Balaban J connectivity index is 1.50. The van der Waals surface area contributed by atoms with E-state index in [1.54, 1.807) is 17.9 Å². The first-order valence-electron chi connectivity index (χ1n) is 17.3. The van der Waals surface area contributed by atoms with Gasteiger partial charge in [0.2, 0.25) is 11.6 Å². The number of hydrogen-bond donors (Lipinski definition) is 0. The van der Waals surface area contributed by atoms with Crippen molar-refractivity contribution in [3.8, 4) is 0 Å². The average Bonchev–Trinajstić information content (AvgIpc) is 3.60. The molecule has 3 heterocycles. The molecular formula is C38H51N5O3. The lowest BCUT2D eigenvalue weighted by Crippen LogP contribution is -2.38. The van der Waals surface area contributed by atoms with Crippen LogP contribution in [0.3, 0.4) is 0 Å². The van der Waals surface area contributed by atoms with Gasteiger partial charge in [-0.05, 0) is 101 Å². The summed E-state index contributed by atoms with van der Waals surface area (Å²) in [5, 5.41) is 7.83. The molecule has 0 bridgehead atoms. The quantitative estimate of drug-likeness (QED) is 0.132. The van der Waals surface area contributed by atoms with Gasteiger partial charge in [0.25, 0.3) is 5.91 Å². The number of rotatable bonds is 19. The van der Waals surface area contributed by atoms with Crippen LogP contribution in [0.25, 0.3) is 5.52 Å². The van der Waals surface area contributed by atoms with Crippen LogP contribution in [-0.2, 0) is 17.6 Å². The van der Waals surface area contributed by atoms with E-state index in [2.05, 4.69) is 48.0 Å². The normalized spacial score (nSPS) is 13.0. The fraction of sp³-hybridized carbons (Fsp3) is 0.500. The van der Waals surface area contributed by atoms with Gasteiger partial charge >= 0.3 is 0 Å². The molecule has 1 amide bonds. The average molecular weight is 626 g/mol. The zero-order valence-corrected chi connectivity index (χ0v) is 28.5.